The second-order valence-electron chi connectivity index (χ2n) is 6.98. The summed E-state index contributed by atoms with van der Waals surface area (Å²) in [4.78, 5) is 26.8. The van der Waals surface area contributed by atoms with E-state index in [1.165, 1.54) is 23.1 Å². The first-order chi connectivity index (χ1) is 13.4. The third-order valence-electron chi connectivity index (χ3n) is 5.17. The zero-order chi connectivity index (χ0) is 19.9. The Hall–Kier alpha value is -2.84. The second-order valence-corrected chi connectivity index (χ2v) is 6.98. The van der Waals surface area contributed by atoms with Crippen molar-refractivity contribution in [2.75, 3.05) is 13.1 Å². The Morgan fingerprint density at radius 2 is 1.96 bits per heavy atom. The van der Waals surface area contributed by atoms with Crippen LogP contribution in [0.5, 0.6) is 0 Å². The molecule has 0 aliphatic carbocycles. The standard InChI is InChI=1S/C19H19F3N4O2/c20-19(21,22)14-7-2-1-6-13(14)16-17(27)23-8-10-25(16)18(28)15-11-12-5-3-4-9-26(12)24-15/h1-2,6-7,11,16H,3-5,8-10H2,(H,23,27). The van der Waals surface area contributed by atoms with Crippen LogP contribution in [-0.2, 0) is 23.9 Å². The van der Waals surface area contributed by atoms with E-state index in [9.17, 15) is 22.8 Å². The van der Waals surface area contributed by atoms with Crippen molar-refractivity contribution >= 4 is 11.8 Å². The van der Waals surface area contributed by atoms with Crippen molar-refractivity contribution in [1.82, 2.24) is 20.0 Å². The Balaban J connectivity index is 1.73. The van der Waals surface area contributed by atoms with Crippen LogP contribution >= 0.6 is 0 Å². The average molecular weight is 392 g/mol. The first-order valence-corrected chi connectivity index (χ1v) is 9.18. The van der Waals surface area contributed by atoms with E-state index in [1.54, 1.807) is 10.7 Å². The van der Waals surface area contributed by atoms with Gasteiger partial charge in [0, 0.05) is 25.3 Å². The van der Waals surface area contributed by atoms with Crippen molar-refractivity contribution in [2.45, 2.75) is 38.0 Å². The maximum Gasteiger partial charge on any atom is 0.416 e. The molecule has 148 valence electrons. The molecule has 1 unspecified atom stereocenters. The molecule has 1 saturated heterocycles. The Kier molecular flexibility index (Phi) is 4.60. The Morgan fingerprint density at radius 3 is 2.71 bits per heavy atom. The molecule has 3 heterocycles. The highest BCUT2D eigenvalue weighted by Gasteiger charge is 2.42. The number of hydrogen-bond acceptors (Lipinski definition) is 3. The van der Waals surface area contributed by atoms with E-state index in [4.69, 9.17) is 0 Å². The number of aromatic nitrogens is 2. The lowest BCUT2D eigenvalue weighted by atomic mass is 9.96. The largest absolute Gasteiger partial charge is 0.416 e. The third kappa shape index (κ3) is 3.25. The number of benzene rings is 1. The molecule has 2 aliphatic heterocycles. The van der Waals surface area contributed by atoms with Gasteiger partial charge in [-0.1, -0.05) is 18.2 Å². The number of nitrogens with one attached hydrogen (secondary N) is 1. The van der Waals surface area contributed by atoms with Crippen LogP contribution in [-0.4, -0.2) is 39.6 Å². The van der Waals surface area contributed by atoms with Crippen molar-refractivity contribution < 1.29 is 22.8 Å². The van der Waals surface area contributed by atoms with Gasteiger partial charge in [0.1, 0.15) is 6.04 Å². The maximum atomic E-state index is 13.5. The van der Waals surface area contributed by atoms with Gasteiger partial charge in [0.15, 0.2) is 5.69 Å². The number of piperazine rings is 1. The van der Waals surface area contributed by atoms with Crippen molar-refractivity contribution in [1.29, 1.82) is 0 Å². The van der Waals surface area contributed by atoms with E-state index in [0.717, 1.165) is 31.0 Å². The SMILES string of the molecule is O=C1NCCN(C(=O)c2cc3n(n2)CCCC3)C1c1ccccc1C(F)(F)F. The van der Waals surface area contributed by atoms with Crippen molar-refractivity contribution in [3.63, 3.8) is 0 Å². The number of rotatable bonds is 2. The Morgan fingerprint density at radius 1 is 1.18 bits per heavy atom. The summed E-state index contributed by atoms with van der Waals surface area (Å²) in [7, 11) is 0. The molecule has 9 heteroatoms. The summed E-state index contributed by atoms with van der Waals surface area (Å²) in [5, 5.41) is 6.89. The van der Waals surface area contributed by atoms with Gasteiger partial charge in [-0.25, -0.2) is 0 Å². The highest BCUT2D eigenvalue weighted by Crippen LogP contribution is 2.37. The zero-order valence-corrected chi connectivity index (χ0v) is 15.0. The molecule has 28 heavy (non-hydrogen) atoms. The maximum absolute atomic E-state index is 13.5. The van der Waals surface area contributed by atoms with Gasteiger partial charge in [0.2, 0.25) is 5.91 Å². The Labute approximate surface area is 159 Å². The fourth-order valence-corrected chi connectivity index (χ4v) is 3.86. The van der Waals surface area contributed by atoms with Gasteiger partial charge in [0.05, 0.1) is 5.56 Å². The fourth-order valence-electron chi connectivity index (χ4n) is 3.86. The summed E-state index contributed by atoms with van der Waals surface area (Å²) < 4.78 is 42.2. The molecule has 4 rings (SSSR count). The van der Waals surface area contributed by atoms with E-state index in [0.29, 0.717) is 6.54 Å². The minimum absolute atomic E-state index is 0.115. The molecular weight excluding hydrogens is 373 g/mol. The molecule has 1 fully saturated rings. The number of amides is 2. The van der Waals surface area contributed by atoms with E-state index >= 15 is 0 Å². The quantitative estimate of drug-likeness (QED) is 0.854. The first-order valence-electron chi connectivity index (χ1n) is 9.18. The van der Waals surface area contributed by atoms with Crippen molar-refractivity contribution in [3.8, 4) is 0 Å². The number of alkyl halides is 3. The normalized spacial score (nSPS) is 19.9. The van der Waals surface area contributed by atoms with E-state index < -0.39 is 29.6 Å². The summed E-state index contributed by atoms with van der Waals surface area (Å²) in [6.45, 7) is 1.01. The monoisotopic (exact) mass is 392 g/mol. The number of carbonyl (C=O) groups is 2. The van der Waals surface area contributed by atoms with Gasteiger partial charge in [-0.05, 0) is 37.0 Å². The van der Waals surface area contributed by atoms with Crippen LogP contribution in [0.25, 0.3) is 0 Å². The number of aryl methyl sites for hydroxylation is 2. The number of fused-ring (bicyclic) bond motifs is 1. The van der Waals surface area contributed by atoms with Gasteiger partial charge in [-0.3, -0.25) is 14.3 Å². The molecule has 0 saturated carbocycles. The highest BCUT2D eigenvalue weighted by molar-refractivity contribution is 5.97. The Bertz CT molecular complexity index is 899. The van der Waals surface area contributed by atoms with Crippen LogP contribution < -0.4 is 5.32 Å². The van der Waals surface area contributed by atoms with Crippen molar-refractivity contribution in [3.05, 3.63) is 52.8 Å². The second kappa shape index (κ2) is 6.96. The zero-order valence-electron chi connectivity index (χ0n) is 15.0. The molecule has 1 atom stereocenters. The molecule has 2 amide bonds. The smallest absolute Gasteiger partial charge is 0.352 e. The van der Waals surface area contributed by atoms with Crippen LogP contribution in [0.4, 0.5) is 13.2 Å². The fraction of sp³-hybridized carbons (Fsp3) is 0.421. The summed E-state index contributed by atoms with van der Waals surface area (Å²) >= 11 is 0. The number of halogens is 3. The number of nitrogens with zero attached hydrogens (tertiary/aromatic N) is 3. The molecule has 6 nitrogen and oxygen atoms in total. The van der Waals surface area contributed by atoms with Crippen LogP contribution in [0, 0.1) is 0 Å². The molecule has 2 aromatic rings. The molecular formula is C19H19F3N4O2. The summed E-state index contributed by atoms with van der Waals surface area (Å²) in [5.74, 6) is -1.15. The third-order valence-corrected chi connectivity index (χ3v) is 5.17. The summed E-state index contributed by atoms with van der Waals surface area (Å²) in [6, 6.07) is 5.21. The lowest BCUT2D eigenvalue weighted by molar-refractivity contribution is -0.139. The van der Waals surface area contributed by atoms with Gasteiger partial charge < -0.3 is 10.2 Å². The van der Waals surface area contributed by atoms with E-state index in [1.807, 2.05) is 0 Å². The van der Waals surface area contributed by atoms with Crippen LogP contribution in [0.15, 0.2) is 30.3 Å². The lowest BCUT2D eigenvalue weighted by Crippen LogP contribution is -2.52. The van der Waals surface area contributed by atoms with Gasteiger partial charge in [0.25, 0.3) is 5.91 Å². The van der Waals surface area contributed by atoms with Gasteiger partial charge >= 0.3 is 6.18 Å². The first kappa shape index (κ1) is 18.5. The summed E-state index contributed by atoms with van der Waals surface area (Å²) in [6.07, 6.45) is -1.85. The van der Waals surface area contributed by atoms with Crippen LogP contribution in [0.1, 0.15) is 46.2 Å². The van der Waals surface area contributed by atoms with E-state index in [2.05, 4.69) is 10.4 Å². The van der Waals surface area contributed by atoms with Gasteiger partial charge in [-0.2, -0.15) is 18.3 Å². The lowest BCUT2D eigenvalue weighted by Gasteiger charge is -2.35. The van der Waals surface area contributed by atoms with Crippen LogP contribution in [0.3, 0.4) is 0 Å². The molecule has 0 radical (unpaired) electrons. The average Bonchev–Trinajstić information content (AvgIpc) is 3.11. The molecule has 2 aliphatic rings. The minimum Gasteiger partial charge on any atom is -0.352 e. The van der Waals surface area contributed by atoms with Gasteiger partial charge in [-0.15, -0.1) is 0 Å². The molecule has 0 spiro atoms. The minimum atomic E-state index is -4.63. The molecule has 1 aromatic heterocycles. The predicted octanol–water partition coefficient (Wildman–Crippen LogP) is 2.55. The van der Waals surface area contributed by atoms with E-state index in [-0.39, 0.29) is 24.3 Å². The predicted molar refractivity (Wildman–Crippen MR) is 93.4 cm³/mol. The highest BCUT2D eigenvalue weighted by atomic mass is 19.4. The topological polar surface area (TPSA) is 67.2 Å². The number of carbonyl (C=O) groups excluding carboxylic acids is 2. The summed E-state index contributed by atoms with van der Waals surface area (Å²) in [5.41, 5.74) is -0.0482. The van der Waals surface area contributed by atoms with Crippen molar-refractivity contribution in [2.24, 2.45) is 0 Å². The number of hydrogen-bond donors (Lipinski definition) is 1. The molecule has 0 bridgehead atoms. The molecule has 1 aromatic carbocycles. The van der Waals surface area contributed by atoms with Crippen LogP contribution in [0.2, 0.25) is 0 Å². The molecule has 1 N–H and O–H groups in total.